The molecule has 2 heterocycles. The van der Waals surface area contributed by atoms with Gasteiger partial charge in [0.05, 0.1) is 0 Å². The van der Waals surface area contributed by atoms with Gasteiger partial charge in [-0.1, -0.05) is 29.2 Å². The van der Waals surface area contributed by atoms with E-state index in [1.54, 1.807) is 6.07 Å². The van der Waals surface area contributed by atoms with Crippen LogP contribution in [0.25, 0.3) is 11.5 Å². The fraction of sp³-hybridized carbons (Fsp3) is 0.619. The lowest BCUT2D eigenvalue weighted by Crippen LogP contribution is -2.22. The average Bonchev–Trinajstić information content (AvgIpc) is 3.51. The van der Waals surface area contributed by atoms with Gasteiger partial charge in [-0.05, 0) is 63.5 Å². The first-order valence-electron chi connectivity index (χ1n) is 10.6. The van der Waals surface area contributed by atoms with Crippen molar-refractivity contribution in [1.29, 1.82) is 0 Å². The van der Waals surface area contributed by atoms with E-state index in [9.17, 15) is 8.78 Å². The molecule has 0 spiro atoms. The normalized spacial score (nSPS) is 16.4. The number of hydrogen-bond acceptors (Lipinski definition) is 6. The van der Waals surface area contributed by atoms with E-state index in [2.05, 4.69) is 58.3 Å². The predicted octanol–water partition coefficient (Wildman–Crippen LogP) is 5.31. The van der Waals surface area contributed by atoms with E-state index >= 15 is 0 Å². The van der Waals surface area contributed by atoms with Gasteiger partial charge in [0.1, 0.15) is 11.4 Å². The molecule has 2 aromatic heterocycles. The van der Waals surface area contributed by atoms with Crippen LogP contribution >= 0.6 is 9.24 Å². The average molecular weight is 436 g/mol. The molecular weight excluding hydrogens is 405 g/mol. The van der Waals surface area contributed by atoms with Crippen LogP contribution < -0.4 is 10.6 Å². The SMILES string of the molecule is CC(C)CCC(C)Nc1nc(NC(C)C2CC2)nc(-c2cccc(C(F)(F)P)n2)n1. The van der Waals surface area contributed by atoms with E-state index in [0.29, 0.717) is 23.7 Å². The van der Waals surface area contributed by atoms with E-state index in [4.69, 9.17) is 0 Å². The molecule has 1 aliphatic rings. The van der Waals surface area contributed by atoms with Crippen LogP contribution in [0.2, 0.25) is 0 Å². The van der Waals surface area contributed by atoms with Gasteiger partial charge in [-0.15, -0.1) is 0 Å². The van der Waals surface area contributed by atoms with Crippen molar-refractivity contribution in [2.75, 3.05) is 10.6 Å². The summed E-state index contributed by atoms with van der Waals surface area (Å²) in [5, 5.41) is 6.67. The monoisotopic (exact) mass is 436 g/mol. The predicted molar refractivity (Wildman–Crippen MR) is 120 cm³/mol. The molecule has 3 atom stereocenters. The topological polar surface area (TPSA) is 75.6 Å². The van der Waals surface area contributed by atoms with Crippen molar-refractivity contribution in [3.8, 4) is 11.5 Å². The summed E-state index contributed by atoms with van der Waals surface area (Å²) in [5.74, 6) is 2.35. The van der Waals surface area contributed by atoms with Gasteiger partial charge in [0.2, 0.25) is 11.9 Å². The number of hydrogen-bond donors (Lipinski definition) is 2. The summed E-state index contributed by atoms with van der Waals surface area (Å²) >= 11 is 0. The van der Waals surface area contributed by atoms with Crippen LogP contribution in [0.15, 0.2) is 18.2 Å². The standard InChI is InChI=1S/C21H31F2N6P/c1-12(2)8-9-13(3)24-19-27-18(16-6-5-7-17(26-16)21(22,23)30)28-20(29-19)25-14(4)15-10-11-15/h5-7,12-15H,8-11,30H2,1-4H3,(H2,24,25,27,28,29). The third-order valence-electron chi connectivity index (χ3n) is 5.19. The van der Waals surface area contributed by atoms with E-state index < -0.39 is 5.66 Å². The molecular formula is C21H31F2N6P. The molecule has 0 amide bonds. The minimum Gasteiger partial charge on any atom is -0.352 e. The number of alkyl halides is 2. The zero-order chi connectivity index (χ0) is 21.9. The lowest BCUT2D eigenvalue weighted by Gasteiger charge is -2.18. The summed E-state index contributed by atoms with van der Waals surface area (Å²) in [7, 11) is 1.51. The molecule has 0 saturated heterocycles. The molecule has 164 valence electrons. The second kappa shape index (κ2) is 9.46. The second-order valence-electron chi connectivity index (χ2n) is 8.62. The van der Waals surface area contributed by atoms with Crippen LogP contribution in [0.4, 0.5) is 20.7 Å². The van der Waals surface area contributed by atoms with Crippen LogP contribution in [0.3, 0.4) is 0 Å². The van der Waals surface area contributed by atoms with Crippen molar-refractivity contribution in [2.24, 2.45) is 11.8 Å². The molecule has 2 N–H and O–H groups in total. The molecule has 1 fully saturated rings. The van der Waals surface area contributed by atoms with Crippen molar-refractivity contribution >= 4 is 21.1 Å². The molecule has 1 saturated carbocycles. The summed E-state index contributed by atoms with van der Waals surface area (Å²) in [6.07, 6.45) is 4.45. The van der Waals surface area contributed by atoms with Gasteiger partial charge in [0.15, 0.2) is 5.82 Å². The first-order chi connectivity index (χ1) is 14.1. The van der Waals surface area contributed by atoms with Crippen LogP contribution in [-0.2, 0) is 5.66 Å². The summed E-state index contributed by atoms with van der Waals surface area (Å²) < 4.78 is 27.4. The van der Waals surface area contributed by atoms with Crippen molar-refractivity contribution in [1.82, 2.24) is 19.9 Å². The zero-order valence-corrected chi connectivity index (χ0v) is 19.1. The summed E-state index contributed by atoms with van der Waals surface area (Å²) in [4.78, 5) is 17.6. The lowest BCUT2D eigenvalue weighted by molar-refractivity contribution is 0.0988. The molecule has 9 heteroatoms. The first kappa shape index (κ1) is 22.7. The number of rotatable bonds is 10. The number of aromatic nitrogens is 4. The highest BCUT2D eigenvalue weighted by Gasteiger charge is 2.29. The van der Waals surface area contributed by atoms with Crippen LogP contribution in [-0.4, -0.2) is 32.0 Å². The third-order valence-corrected chi connectivity index (χ3v) is 5.49. The summed E-state index contributed by atoms with van der Waals surface area (Å²) in [5.41, 5.74) is -3.17. The third kappa shape index (κ3) is 6.53. The Balaban J connectivity index is 1.89. The van der Waals surface area contributed by atoms with Crippen molar-refractivity contribution in [2.45, 2.75) is 71.1 Å². The lowest BCUT2D eigenvalue weighted by atomic mass is 10.0. The Hall–Kier alpha value is -1.95. The number of nitrogens with zero attached hydrogens (tertiary/aromatic N) is 4. The quantitative estimate of drug-likeness (QED) is 0.492. The highest BCUT2D eigenvalue weighted by molar-refractivity contribution is 7.17. The Kier molecular flexibility index (Phi) is 7.17. The highest BCUT2D eigenvalue weighted by atomic mass is 31.0. The number of pyridine rings is 1. The summed E-state index contributed by atoms with van der Waals surface area (Å²) in [6, 6.07) is 4.88. The van der Waals surface area contributed by atoms with Crippen molar-refractivity contribution < 1.29 is 8.78 Å². The molecule has 6 nitrogen and oxygen atoms in total. The van der Waals surface area contributed by atoms with Crippen LogP contribution in [0.1, 0.15) is 59.1 Å². The Morgan fingerprint density at radius 3 is 2.27 bits per heavy atom. The van der Waals surface area contributed by atoms with Gasteiger partial charge in [0.25, 0.3) is 5.66 Å². The molecule has 0 aromatic carbocycles. The van der Waals surface area contributed by atoms with E-state index in [1.807, 2.05) is 0 Å². The number of nitrogens with one attached hydrogen (secondary N) is 2. The summed E-state index contributed by atoms with van der Waals surface area (Å²) in [6.45, 7) is 8.57. The maximum absolute atomic E-state index is 13.7. The van der Waals surface area contributed by atoms with Crippen molar-refractivity contribution in [3.63, 3.8) is 0 Å². The molecule has 0 bridgehead atoms. The number of anilines is 2. The Bertz CT molecular complexity index is 854. The Labute approximate surface area is 179 Å². The zero-order valence-electron chi connectivity index (χ0n) is 18.0. The van der Waals surface area contributed by atoms with Crippen LogP contribution in [0.5, 0.6) is 0 Å². The van der Waals surface area contributed by atoms with Gasteiger partial charge in [-0.3, -0.25) is 0 Å². The fourth-order valence-electron chi connectivity index (χ4n) is 3.16. The smallest absolute Gasteiger partial charge is 0.300 e. The minimum atomic E-state index is -3.11. The molecule has 3 unspecified atom stereocenters. The fourth-order valence-corrected chi connectivity index (χ4v) is 3.32. The van der Waals surface area contributed by atoms with Gasteiger partial charge >= 0.3 is 0 Å². The first-order valence-corrected chi connectivity index (χ1v) is 11.1. The van der Waals surface area contributed by atoms with Crippen molar-refractivity contribution in [3.05, 3.63) is 23.9 Å². The highest BCUT2D eigenvalue weighted by Crippen LogP contribution is 2.35. The molecule has 30 heavy (non-hydrogen) atoms. The minimum absolute atomic E-state index is 0.173. The van der Waals surface area contributed by atoms with E-state index in [-0.39, 0.29) is 29.3 Å². The van der Waals surface area contributed by atoms with E-state index in [0.717, 1.165) is 12.8 Å². The van der Waals surface area contributed by atoms with Gasteiger partial charge in [-0.2, -0.15) is 23.7 Å². The van der Waals surface area contributed by atoms with Gasteiger partial charge in [0, 0.05) is 12.1 Å². The maximum atomic E-state index is 13.7. The van der Waals surface area contributed by atoms with Gasteiger partial charge in [-0.25, -0.2) is 4.98 Å². The molecule has 0 radical (unpaired) electrons. The van der Waals surface area contributed by atoms with Gasteiger partial charge < -0.3 is 10.6 Å². The molecule has 1 aliphatic carbocycles. The second-order valence-corrected chi connectivity index (χ2v) is 9.35. The molecule has 2 aromatic rings. The molecule has 3 rings (SSSR count). The van der Waals surface area contributed by atoms with Crippen LogP contribution in [0, 0.1) is 11.8 Å². The maximum Gasteiger partial charge on any atom is 0.300 e. The Morgan fingerprint density at radius 2 is 1.67 bits per heavy atom. The Morgan fingerprint density at radius 1 is 1.00 bits per heavy atom. The molecule has 0 aliphatic heterocycles. The van der Waals surface area contributed by atoms with E-state index in [1.165, 1.54) is 34.2 Å². The largest absolute Gasteiger partial charge is 0.352 e. The number of halogens is 2.